The molecule has 0 spiro atoms. The number of terminal acetylenes is 1. The van der Waals surface area contributed by atoms with Crippen molar-refractivity contribution in [2.45, 2.75) is 6.54 Å². The molecule has 0 aliphatic rings. The molecule has 0 fully saturated rings. The van der Waals surface area contributed by atoms with Crippen molar-refractivity contribution in [3.8, 4) is 12.3 Å². The first-order valence-corrected chi connectivity index (χ1v) is 4.60. The maximum atomic E-state index is 10.4. The van der Waals surface area contributed by atoms with Crippen molar-refractivity contribution in [2.75, 3.05) is 6.54 Å². The Morgan fingerprint density at radius 1 is 1.60 bits per heavy atom. The molecule has 0 aliphatic heterocycles. The van der Waals surface area contributed by atoms with E-state index in [-0.39, 0.29) is 5.69 Å². The molecule has 0 aliphatic carbocycles. The largest absolute Gasteiger partial charge is 0.302 e. The summed E-state index contributed by atoms with van der Waals surface area (Å²) in [5.74, 6) is 2.42. The van der Waals surface area contributed by atoms with E-state index < -0.39 is 4.92 Å². The van der Waals surface area contributed by atoms with E-state index in [0.717, 1.165) is 5.56 Å². The number of nitrogens with zero attached hydrogens (tertiary/aromatic N) is 1. The molecule has 5 heteroatoms. The topological polar surface area (TPSA) is 55.2 Å². The number of nitro benzene ring substituents is 1. The normalized spacial score (nSPS) is 9.60. The summed E-state index contributed by atoms with van der Waals surface area (Å²) in [6, 6.07) is 4.36. The van der Waals surface area contributed by atoms with E-state index in [1.807, 2.05) is 0 Å². The van der Waals surface area contributed by atoms with Crippen molar-refractivity contribution in [1.82, 2.24) is 5.32 Å². The van der Waals surface area contributed by atoms with Gasteiger partial charge in [0.25, 0.3) is 5.69 Å². The van der Waals surface area contributed by atoms with Crippen molar-refractivity contribution in [3.05, 3.63) is 38.9 Å². The van der Waals surface area contributed by atoms with E-state index in [2.05, 4.69) is 11.2 Å². The van der Waals surface area contributed by atoms with Crippen LogP contribution >= 0.6 is 11.6 Å². The molecular weight excluding hydrogens is 216 g/mol. The van der Waals surface area contributed by atoms with Crippen LogP contribution in [0.15, 0.2) is 18.2 Å². The zero-order valence-electron chi connectivity index (χ0n) is 7.87. The number of benzene rings is 1. The fourth-order valence-electron chi connectivity index (χ4n) is 1.06. The molecule has 1 N–H and O–H groups in total. The van der Waals surface area contributed by atoms with E-state index in [1.54, 1.807) is 6.07 Å². The van der Waals surface area contributed by atoms with Crippen LogP contribution in [-0.2, 0) is 6.54 Å². The van der Waals surface area contributed by atoms with Crippen LogP contribution < -0.4 is 5.32 Å². The van der Waals surface area contributed by atoms with E-state index in [4.69, 9.17) is 18.0 Å². The molecule has 0 radical (unpaired) electrons. The molecule has 0 unspecified atom stereocenters. The zero-order chi connectivity index (χ0) is 11.3. The monoisotopic (exact) mass is 224 g/mol. The highest BCUT2D eigenvalue weighted by Crippen LogP contribution is 2.22. The number of hydrogen-bond donors (Lipinski definition) is 1. The van der Waals surface area contributed by atoms with Gasteiger partial charge < -0.3 is 5.32 Å². The SMILES string of the molecule is C#CCNCc1ccc([N+](=O)[O-])cc1Cl. The Labute approximate surface area is 92.4 Å². The van der Waals surface area contributed by atoms with E-state index in [9.17, 15) is 10.1 Å². The summed E-state index contributed by atoms with van der Waals surface area (Å²) in [7, 11) is 0. The van der Waals surface area contributed by atoms with E-state index >= 15 is 0 Å². The van der Waals surface area contributed by atoms with Gasteiger partial charge in [-0.3, -0.25) is 10.1 Å². The number of nitro groups is 1. The van der Waals surface area contributed by atoms with Crippen molar-refractivity contribution in [2.24, 2.45) is 0 Å². The highest BCUT2D eigenvalue weighted by Gasteiger charge is 2.08. The van der Waals surface area contributed by atoms with Crippen LogP contribution in [-0.4, -0.2) is 11.5 Å². The van der Waals surface area contributed by atoms with Crippen LogP contribution in [0.2, 0.25) is 5.02 Å². The first-order chi connectivity index (χ1) is 7.15. The third-order valence-corrected chi connectivity index (χ3v) is 2.14. The lowest BCUT2D eigenvalue weighted by atomic mass is 10.2. The highest BCUT2D eigenvalue weighted by atomic mass is 35.5. The minimum Gasteiger partial charge on any atom is -0.302 e. The summed E-state index contributed by atoms with van der Waals surface area (Å²) in [5, 5.41) is 13.7. The molecule has 1 aromatic rings. The van der Waals surface area contributed by atoms with Gasteiger partial charge in [-0.15, -0.1) is 6.42 Å². The molecule has 1 aromatic carbocycles. The van der Waals surface area contributed by atoms with Crippen LogP contribution in [0.3, 0.4) is 0 Å². The Morgan fingerprint density at radius 2 is 2.33 bits per heavy atom. The standard InChI is InChI=1S/C10H9ClN2O2/c1-2-5-12-7-8-3-4-9(13(14)15)6-10(8)11/h1,3-4,6,12H,5,7H2. The third kappa shape index (κ3) is 3.24. The van der Waals surface area contributed by atoms with Gasteiger partial charge in [0.1, 0.15) is 0 Å². The lowest BCUT2D eigenvalue weighted by Crippen LogP contribution is -2.13. The second-order valence-corrected chi connectivity index (χ2v) is 3.25. The van der Waals surface area contributed by atoms with Gasteiger partial charge >= 0.3 is 0 Å². The Kier molecular flexibility index (Phi) is 4.10. The van der Waals surface area contributed by atoms with Gasteiger partial charge in [-0.2, -0.15) is 0 Å². The van der Waals surface area contributed by atoms with Gasteiger partial charge in [0.15, 0.2) is 0 Å². The number of hydrogen-bond acceptors (Lipinski definition) is 3. The average Bonchev–Trinajstić information content (AvgIpc) is 2.20. The zero-order valence-corrected chi connectivity index (χ0v) is 8.62. The Bertz CT molecular complexity index is 412. The minimum absolute atomic E-state index is 0.0132. The Balaban J connectivity index is 2.76. The fourth-order valence-corrected chi connectivity index (χ4v) is 1.30. The second kappa shape index (κ2) is 5.35. The molecule has 0 saturated heterocycles. The van der Waals surface area contributed by atoms with Crippen LogP contribution in [0.25, 0.3) is 0 Å². The van der Waals surface area contributed by atoms with E-state index in [1.165, 1.54) is 12.1 Å². The molecular formula is C10H9ClN2O2. The summed E-state index contributed by atoms with van der Waals surface area (Å²) >= 11 is 5.86. The second-order valence-electron chi connectivity index (χ2n) is 2.84. The third-order valence-electron chi connectivity index (χ3n) is 1.79. The maximum Gasteiger partial charge on any atom is 0.270 e. The summed E-state index contributed by atoms with van der Waals surface area (Å²) < 4.78 is 0. The lowest BCUT2D eigenvalue weighted by molar-refractivity contribution is -0.384. The average molecular weight is 225 g/mol. The number of rotatable bonds is 4. The predicted octanol–water partition coefficient (Wildman–Crippen LogP) is 1.97. The van der Waals surface area contributed by atoms with Gasteiger partial charge in [-0.25, -0.2) is 0 Å². The summed E-state index contributed by atoms with van der Waals surface area (Å²) in [4.78, 5) is 9.95. The highest BCUT2D eigenvalue weighted by molar-refractivity contribution is 6.31. The van der Waals surface area contributed by atoms with Gasteiger partial charge in [0, 0.05) is 18.7 Å². The minimum atomic E-state index is -0.482. The predicted molar refractivity (Wildman–Crippen MR) is 58.6 cm³/mol. The van der Waals surface area contributed by atoms with E-state index in [0.29, 0.717) is 18.1 Å². The van der Waals surface area contributed by atoms with Gasteiger partial charge in [0.05, 0.1) is 16.5 Å². The smallest absolute Gasteiger partial charge is 0.270 e. The van der Waals surface area contributed by atoms with Crippen LogP contribution in [0.5, 0.6) is 0 Å². The summed E-state index contributed by atoms with van der Waals surface area (Å²) in [6.45, 7) is 0.939. The molecule has 15 heavy (non-hydrogen) atoms. The molecule has 0 atom stereocenters. The van der Waals surface area contributed by atoms with Gasteiger partial charge in [0.2, 0.25) is 0 Å². The molecule has 4 nitrogen and oxygen atoms in total. The molecule has 78 valence electrons. The lowest BCUT2D eigenvalue weighted by Gasteiger charge is -2.03. The van der Waals surface area contributed by atoms with Crippen LogP contribution in [0, 0.1) is 22.5 Å². The molecule has 0 amide bonds. The van der Waals surface area contributed by atoms with Gasteiger partial charge in [-0.05, 0) is 11.6 Å². The summed E-state index contributed by atoms with van der Waals surface area (Å²) in [6.07, 6.45) is 5.06. The number of halogens is 1. The fraction of sp³-hybridized carbons (Fsp3) is 0.200. The molecule has 0 aromatic heterocycles. The Morgan fingerprint density at radius 3 is 2.87 bits per heavy atom. The molecule has 0 heterocycles. The van der Waals surface area contributed by atoms with Crippen molar-refractivity contribution in [3.63, 3.8) is 0 Å². The quantitative estimate of drug-likeness (QED) is 0.368. The first-order valence-electron chi connectivity index (χ1n) is 4.22. The molecule has 0 saturated carbocycles. The molecule has 0 bridgehead atoms. The van der Waals surface area contributed by atoms with Crippen molar-refractivity contribution >= 4 is 17.3 Å². The van der Waals surface area contributed by atoms with Gasteiger partial charge in [-0.1, -0.05) is 17.5 Å². The number of nitrogens with one attached hydrogen (secondary N) is 1. The van der Waals surface area contributed by atoms with Crippen molar-refractivity contribution in [1.29, 1.82) is 0 Å². The first kappa shape index (κ1) is 11.5. The van der Waals surface area contributed by atoms with Crippen molar-refractivity contribution < 1.29 is 4.92 Å². The summed E-state index contributed by atoms with van der Waals surface area (Å²) in [5.41, 5.74) is 0.776. The number of non-ortho nitro benzene ring substituents is 1. The van der Waals surface area contributed by atoms with Crippen LogP contribution in [0.1, 0.15) is 5.56 Å². The molecule has 1 rings (SSSR count). The Hall–Kier alpha value is -1.57. The van der Waals surface area contributed by atoms with Crippen LogP contribution in [0.4, 0.5) is 5.69 Å². The maximum absolute atomic E-state index is 10.4.